The van der Waals surface area contributed by atoms with Gasteiger partial charge in [-0.25, -0.2) is 0 Å². The molecule has 1 unspecified atom stereocenters. The SMILES string of the molecule is O=[N+]([O-])C1=CC[C@@H]([C@H](O)OC2/C=C/CCCCC2)C=C1. The molecular formula is C15H21NO4. The molecule has 0 saturated heterocycles. The molecule has 0 aromatic rings. The van der Waals surface area contributed by atoms with Gasteiger partial charge in [-0.2, -0.15) is 0 Å². The number of nitro groups is 1. The maximum absolute atomic E-state index is 10.6. The van der Waals surface area contributed by atoms with Gasteiger partial charge in [-0.1, -0.05) is 31.1 Å². The van der Waals surface area contributed by atoms with E-state index in [-0.39, 0.29) is 17.7 Å². The van der Waals surface area contributed by atoms with Gasteiger partial charge in [-0.15, -0.1) is 0 Å². The lowest BCUT2D eigenvalue weighted by atomic mass is 9.98. The third kappa shape index (κ3) is 4.28. The second-order valence-corrected chi connectivity index (χ2v) is 5.28. The van der Waals surface area contributed by atoms with Gasteiger partial charge in [-0.3, -0.25) is 10.1 Å². The van der Waals surface area contributed by atoms with Crippen LogP contribution in [0.15, 0.2) is 36.1 Å². The molecule has 0 heterocycles. The summed E-state index contributed by atoms with van der Waals surface area (Å²) in [4.78, 5) is 10.2. The molecule has 5 nitrogen and oxygen atoms in total. The fourth-order valence-electron chi connectivity index (χ4n) is 2.49. The van der Waals surface area contributed by atoms with Crippen LogP contribution in [-0.4, -0.2) is 22.4 Å². The minimum Gasteiger partial charge on any atom is -0.367 e. The second-order valence-electron chi connectivity index (χ2n) is 5.28. The minimum atomic E-state index is -0.912. The van der Waals surface area contributed by atoms with E-state index in [0.717, 1.165) is 19.3 Å². The second kappa shape index (κ2) is 7.36. The molecule has 0 spiro atoms. The predicted molar refractivity (Wildman–Crippen MR) is 75.4 cm³/mol. The first-order valence-corrected chi connectivity index (χ1v) is 7.20. The van der Waals surface area contributed by atoms with Crippen LogP contribution in [-0.2, 0) is 4.74 Å². The van der Waals surface area contributed by atoms with Gasteiger partial charge in [0, 0.05) is 12.0 Å². The Morgan fingerprint density at radius 1 is 1.35 bits per heavy atom. The Bertz CT molecular complexity index is 428. The van der Waals surface area contributed by atoms with E-state index >= 15 is 0 Å². The van der Waals surface area contributed by atoms with Gasteiger partial charge in [0.05, 0.1) is 11.0 Å². The summed E-state index contributed by atoms with van der Waals surface area (Å²) in [5.74, 6) is -0.211. The molecule has 0 fully saturated rings. The first-order valence-electron chi connectivity index (χ1n) is 7.20. The van der Waals surface area contributed by atoms with Crippen molar-refractivity contribution in [1.29, 1.82) is 0 Å². The lowest BCUT2D eigenvalue weighted by Gasteiger charge is -2.25. The highest BCUT2D eigenvalue weighted by molar-refractivity contribution is 5.17. The molecule has 0 aromatic carbocycles. The first-order chi connectivity index (χ1) is 9.66. The van der Waals surface area contributed by atoms with Crippen LogP contribution in [0, 0.1) is 16.0 Å². The monoisotopic (exact) mass is 279 g/mol. The normalized spacial score (nSPS) is 29.9. The molecule has 0 radical (unpaired) electrons. The van der Waals surface area contributed by atoms with Crippen molar-refractivity contribution in [2.24, 2.45) is 5.92 Å². The molecule has 0 amide bonds. The smallest absolute Gasteiger partial charge is 0.265 e. The lowest BCUT2D eigenvalue weighted by molar-refractivity contribution is -0.419. The fourth-order valence-corrected chi connectivity index (χ4v) is 2.49. The summed E-state index contributed by atoms with van der Waals surface area (Å²) >= 11 is 0. The van der Waals surface area contributed by atoms with Crippen LogP contribution in [0.2, 0.25) is 0 Å². The summed E-state index contributed by atoms with van der Waals surface area (Å²) in [6, 6.07) is 0. The third-order valence-corrected chi connectivity index (χ3v) is 3.71. The molecule has 0 aliphatic heterocycles. The highest BCUT2D eigenvalue weighted by Crippen LogP contribution is 2.23. The Kier molecular flexibility index (Phi) is 5.49. The molecule has 0 bridgehead atoms. The van der Waals surface area contributed by atoms with Crippen molar-refractivity contribution in [3.8, 4) is 0 Å². The van der Waals surface area contributed by atoms with Crippen LogP contribution >= 0.6 is 0 Å². The Morgan fingerprint density at radius 2 is 2.20 bits per heavy atom. The topological polar surface area (TPSA) is 72.6 Å². The summed E-state index contributed by atoms with van der Waals surface area (Å²) < 4.78 is 5.68. The number of nitrogens with zero attached hydrogens (tertiary/aromatic N) is 1. The molecule has 20 heavy (non-hydrogen) atoms. The molecule has 2 rings (SSSR count). The maximum Gasteiger partial charge on any atom is 0.265 e. The molecule has 1 N–H and O–H groups in total. The Morgan fingerprint density at radius 3 is 2.90 bits per heavy atom. The highest BCUT2D eigenvalue weighted by atomic mass is 16.6. The molecule has 0 saturated carbocycles. The summed E-state index contributed by atoms with van der Waals surface area (Å²) in [5, 5.41) is 20.7. The van der Waals surface area contributed by atoms with Gasteiger partial charge in [0.2, 0.25) is 0 Å². The van der Waals surface area contributed by atoms with Crippen LogP contribution in [0.25, 0.3) is 0 Å². The number of hydrogen-bond acceptors (Lipinski definition) is 4. The van der Waals surface area contributed by atoms with Gasteiger partial charge in [0.25, 0.3) is 5.70 Å². The molecule has 0 aromatic heterocycles. The van der Waals surface area contributed by atoms with E-state index in [4.69, 9.17) is 4.74 Å². The summed E-state index contributed by atoms with van der Waals surface area (Å²) in [6.07, 6.45) is 13.7. The average molecular weight is 279 g/mol. The molecule has 5 heteroatoms. The molecular weight excluding hydrogens is 258 g/mol. The van der Waals surface area contributed by atoms with E-state index in [1.54, 1.807) is 6.08 Å². The number of ether oxygens (including phenoxy) is 1. The van der Waals surface area contributed by atoms with Crippen molar-refractivity contribution in [2.45, 2.75) is 50.9 Å². The highest BCUT2D eigenvalue weighted by Gasteiger charge is 2.24. The van der Waals surface area contributed by atoms with Gasteiger partial charge in [-0.05, 0) is 31.8 Å². The van der Waals surface area contributed by atoms with Crippen LogP contribution in [0.3, 0.4) is 0 Å². The first kappa shape index (κ1) is 14.9. The van der Waals surface area contributed by atoms with Crippen LogP contribution in [0.4, 0.5) is 0 Å². The van der Waals surface area contributed by atoms with Gasteiger partial charge >= 0.3 is 0 Å². The number of aliphatic hydroxyl groups is 1. The van der Waals surface area contributed by atoms with E-state index < -0.39 is 11.2 Å². The average Bonchev–Trinajstić information content (AvgIpc) is 2.41. The molecule has 110 valence electrons. The van der Waals surface area contributed by atoms with Crippen molar-refractivity contribution in [2.75, 3.05) is 0 Å². The van der Waals surface area contributed by atoms with Gasteiger partial charge in [0.15, 0.2) is 6.29 Å². The zero-order chi connectivity index (χ0) is 14.4. The van der Waals surface area contributed by atoms with Crippen molar-refractivity contribution in [1.82, 2.24) is 0 Å². The molecule has 3 atom stereocenters. The van der Waals surface area contributed by atoms with Crippen molar-refractivity contribution < 1.29 is 14.8 Å². The number of allylic oxidation sites excluding steroid dienone is 3. The zero-order valence-electron chi connectivity index (χ0n) is 11.5. The number of rotatable bonds is 4. The summed E-state index contributed by atoms with van der Waals surface area (Å²) in [6.45, 7) is 0. The Balaban J connectivity index is 1.86. The van der Waals surface area contributed by atoms with Crippen molar-refractivity contribution in [3.05, 3.63) is 46.2 Å². The largest absolute Gasteiger partial charge is 0.367 e. The van der Waals surface area contributed by atoms with E-state index in [9.17, 15) is 15.2 Å². The Labute approximate surface area is 118 Å². The number of aliphatic hydroxyl groups excluding tert-OH is 1. The van der Waals surface area contributed by atoms with E-state index in [1.165, 1.54) is 25.0 Å². The van der Waals surface area contributed by atoms with Gasteiger partial charge < -0.3 is 9.84 Å². The van der Waals surface area contributed by atoms with E-state index in [2.05, 4.69) is 6.08 Å². The maximum atomic E-state index is 10.6. The van der Waals surface area contributed by atoms with Crippen LogP contribution in [0.1, 0.15) is 38.5 Å². The summed E-state index contributed by atoms with van der Waals surface area (Å²) in [7, 11) is 0. The quantitative estimate of drug-likeness (QED) is 0.371. The van der Waals surface area contributed by atoms with Crippen molar-refractivity contribution in [3.63, 3.8) is 0 Å². The van der Waals surface area contributed by atoms with Crippen molar-refractivity contribution >= 4 is 0 Å². The predicted octanol–water partition coefficient (Wildman–Crippen LogP) is 2.95. The fraction of sp³-hybridized carbons (Fsp3) is 0.600. The van der Waals surface area contributed by atoms with Gasteiger partial charge in [0.1, 0.15) is 0 Å². The van der Waals surface area contributed by atoms with E-state index in [0.29, 0.717) is 6.42 Å². The van der Waals surface area contributed by atoms with Crippen LogP contribution < -0.4 is 0 Å². The summed E-state index contributed by atoms with van der Waals surface area (Å²) in [5.41, 5.74) is 0.0827. The molecule has 2 aliphatic rings. The molecule has 2 aliphatic carbocycles. The van der Waals surface area contributed by atoms with E-state index in [1.807, 2.05) is 6.08 Å². The standard InChI is InChI=1S/C15H21NO4/c17-15(12-8-10-13(11-9-12)16(18)19)20-14-6-4-2-1-3-5-7-14/h4,6,8,10-12,14-15,17H,1-3,5,7,9H2/b6-4+/t12-,14?,15+/m0/s1. The zero-order valence-corrected chi connectivity index (χ0v) is 11.5. The minimum absolute atomic E-state index is 0.0559. The lowest BCUT2D eigenvalue weighted by Crippen LogP contribution is -2.28. The third-order valence-electron chi connectivity index (χ3n) is 3.71. The number of hydrogen-bond donors (Lipinski definition) is 1. The van der Waals surface area contributed by atoms with Crippen LogP contribution in [0.5, 0.6) is 0 Å². The Hall–Kier alpha value is -1.46.